The van der Waals surface area contributed by atoms with Crippen molar-refractivity contribution < 1.29 is 4.74 Å². The minimum absolute atomic E-state index is 0.161. The van der Waals surface area contributed by atoms with E-state index in [9.17, 15) is 0 Å². The van der Waals surface area contributed by atoms with Crippen molar-refractivity contribution in [3.05, 3.63) is 47.3 Å². The fraction of sp³-hybridized carbons (Fsp3) is 0.471. The lowest BCUT2D eigenvalue weighted by Crippen LogP contribution is -2.25. The van der Waals surface area contributed by atoms with Crippen LogP contribution in [0.15, 0.2) is 30.3 Å². The molecule has 1 heterocycles. The number of nitrogens with one attached hydrogen (secondary N) is 1. The minimum Gasteiger partial charge on any atom is -0.497 e. The first kappa shape index (κ1) is 15.6. The van der Waals surface area contributed by atoms with Crippen molar-refractivity contribution in [2.24, 2.45) is 7.05 Å². The maximum atomic E-state index is 5.24. The summed E-state index contributed by atoms with van der Waals surface area (Å²) in [6, 6.07) is 10.6. The van der Waals surface area contributed by atoms with Gasteiger partial charge in [0.2, 0.25) is 0 Å². The predicted molar refractivity (Wildman–Crippen MR) is 85.7 cm³/mol. The van der Waals surface area contributed by atoms with Gasteiger partial charge in [0.05, 0.1) is 24.5 Å². The molecule has 1 aromatic heterocycles. The van der Waals surface area contributed by atoms with Crippen molar-refractivity contribution >= 4 is 0 Å². The predicted octanol–water partition coefficient (Wildman–Crippen LogP) is 3.08. The zero-order chi connectivity index (χ0) is 15.2. The van der Waals surface area contributed by atoms with Crippen LogP contribution in [-0.4, -0.2) is 23.4 Å². The van der Waals surface area contributed by atoms with Gasteiger partial charge in [0, 0.05) is 7.05 Å². The van der Waals surface area contributed by atoms with Crippen molar-refractivity contribution in [3.8, 4) is 5.75 Å². The van der Waals surface area contributed by atoms with Crippen molar-refractivity contribution in [2.45, 2.75) is 32.7 Å². The van der Waals surface area contributed by atoms with Crippen LogP contribution in [-0.2, 0) is 13.5 Å². The van der Waals surface area contributed by atoms with Crippen LogP contribution in [0.25, 0.3) is 0 Å². The average molecular weight is 287 g/mol. The Labute approximate surface area is 127 Å². The van der Waals surface area contributed by atoms with Crippen LogP contribution in [0.2, 0.25) is 0 Å². The Morgan fingerprint density at radius 3 is 2.48 bits per heavy atom. The van der Waals surface area contributed by atoms with Crippen LogP contribution in [0, 0.1) is 0 Å². The molecule has 0 aliphatic rings. The van der Waals surface area contributed by atoms with Gasteiger partial charge in [-0.1, -0.05) is 26.0 Å². The molecule has 0 aliphatic heterocycles. The highest BCUT2D eigenvalue weighted by Crippen LogP contribution is 2.24. The lowest BCUT2D eigenvalue weighted by molar-refractivity contribution is 0.414. The van der Waals surface area contributed by atoms with Crippen molar-refractivity contribution in [3.63, 3.8) is 0 Å². The van der Waals surface area contributed by atoms with Gasteiger partial charge in [0.15, 0.2) is 0 Å². The molecule has 0 saturated heterocycles. The Morgan fingerprint density at radius 2 is 1.95 bits per heavy atom. The van der Waals surface area contributed by atoms with E-state index in [2.05, 4.69) is 42.5 Å². The van der Waals surface area contributed by atoms with E-state index in [-0.39, 0.29) is 6.04 Å². The van der Waals surface area contributed by atoms with E-state index < -0.39 is 0 Å². The molecule has 0 radical (unpaired) electrons. The molecule has 0 saturated carbocycles. The summed E-state index contributed by atoms with van der Waals surface area (Å²) in [5.74, 6) is 0.882. The van der Waals surface area contributed by atoms with E-state index in [1.165, 1.54) is 11.3 Å². The van der Waals surface area contributed by atoms with Gasteiger partial charge in [-0.2, -0.15) is 5.10 Å². The van der Waals surface area contributed by atoms with Crippen LogP contribution in [0.4, 0.5) is 0 Å². The lowest BCUT2D eigenvalue weighted by atomic mass is 10.0. The molecule has 1 N–H and O–H groups in total. The molecule has 114 valence electrons. The highest BCUT2D eigenvalue weighted by molar-refractivity contribution is 5.34. The lowest BCUT2D eigenvalue weighted by Gasteiger charge is -2.19. The number of nitrogens with zero attached hydrogens (tertiary/aromatic N) is 2. The summed E-state index contributed by atoms with van der Waals surface area (Å²) >= 11 is 0. The van der Waals surface area contributed by atoms with E-state index in [1.54, 1.807) is 7.11 Å². The summed E-state index contributed by atoms with van der Waals surface area (Å²) in [7, 11) is 3.70. The number of aromatic nitrogens is 2. The quantitative estimate of drug-likeness (QED) is 0.850. The molecular weight excluding hydrogens is 262 g/mol. The van der Waals surface area contributed by atoms with E-state index in [1.807, 2.05) is 23.9 Å². The summed E-state index contributed by atoms with van der Waals surface area (Å²) in [6.45, 7) is 5.29. The number of rotatable bonds is 7. The van der Waals surface area contributed by atoms with Gasteiger partial charge in [-0.25, -0.2) is 0 Å². The zero-order valence-corrected chi connectivity index (χ0v) is 13.4. The maximum Gasteiger partial charge on any atom is 0.118 e. The molecule has 0 amide bonds. The molecule has 1 unspecified atom stereocenters. The zero-order valence-electron chi connectivity index (χ0n) is 13.4. The third kappa shape index (κ3) is 3.64. The monoisotopic (exact) mass is 287 g/mol. The fourth-order valence-electron chi connectivity index (χ4n) is 2.46. The van der Waals surface area contributed by atoms with Gasteiger partial charge < -0.3 is 10.1 Å². The fourth-order valence-corrected chi connectivity index (χ4v) is 2.46. The number of methoxy groups -OCH3 is 1. The molecule has 0 bridgehead atoms. The van der Waals surface area contributed by atoms with E-state index >= 15 is 0 Å². The Morgan fingerprint density at radius 1 is 1.24 bits per heavy atom. The van der Waals surface area contributed by atoms with E-state index in [0.717, 1.165) is 30.8 Å². The molecule has 0 fully saturated rings. The Hall–Kier alpha value is -1.81. The molecule has 2 aromatic rings. The maximum absolute atomic E-state index is 5.24. The van der Waals surface area contributed by atoms with Gasteiger partial charge in [0.25, 0.3) is 0 Å². The number of hydrogen-bond acceptors (Lipinski definition) is 3. The van der Waals surface area contributed by atoms with Crippen molar-refractivity contribution in [1.82, 2.24) is 15.1 Å². The number of ether oxygens (including phenoxy) is 1. The second-order valence-electron chi connectivity index (χ2n) is 5.20. The van der Waals surface area contributed by atoms with Crippen LogP contribution < -0.4 is 10.1 Å². The number of aryl methyl sites for hydroxylation is 2. The highest BCUT2D eigenvalue weighted by atomic mass is 16.5. The largest absolute Gasteiger partial charge is 0.497 e. The SMILES string of the molecule is CCCNC(c1ccc(OC)cc1)c1cc(CC)nn1C. The summed E-state index contributed by atoms with van der Waals surface area (Å²) in [5, 5.41) is 8.19. The Kier molecular flexibility index (Phi) is 5.39. The van der Waals surface area contributed by atoms with E-state index in [4.69, 9.17) is 4.74 Å². The van der Waals surface area contributed by atoms with Gasteiger partial charge in [-0.3, -0.25) is 4.68 Å². The standard InChI is InChI=1S/C17H25N3O/c1-5-11-18-17(13-7-9-15(21-4)10-8-13)16-12-14(6-2)19-20(16)3/h7-10,12,17-18H,5-6,11H2,1-4H3. The number of benzene rings is 1. The topological polar surface area (TPSA) is 39.1 Å². The second-order valence-corrected chi connectivity index (χ2v) is 5.20. The third-order valence-corrected chi connectivity index (χ3v) is 3.67. The Bertz CT molecular complexity index is 560. The molecule has 21 heavy (non-hydrogen) atoms. The van der Waals surface area contributed by atoms with Crippen LogP contribution in [0.1, 0.15) is 43.3 Å². The van der Waals surface area contributed by atoms with Crippen LogP contribution in [0.5, 0.6) is 5.75 Å². The number of hydrogen-bond donors (Lipinski definition) is 1. The van der Waals surface area contributed by atoms with Gasteiger partial charge >= 0.3 is 0 Å². The Balaban J connectivity index is 2.33. The first-order valence-corrected chi connectivity index (χ1v) is 7.59. The average Bonchev–Trinajstić information content (AvgIpc) is 2.89. The second kappa shape index (κ2) is 7.27. The molecule has 0 aliphatic carbocycles. The van der Waals surface area contributed by atoms with Crippen molar-refractivity contribution in [2.75, 3.05) is 13.7 Å². The van der Waals surface area contributed by atoms with Crippen LogP contribution >= 0.6 is 0 Å². The minimum atomic E-state index is 0.161. The molecule has 2 rings (SSSR count). The highest BCUT2D eigenvalue weighted by Gasteiger charge is 2.18. The first-order chi connectivity index (χ1) is 10.2. The summed E-state index contributed by atoms with van der Waals surface area (Å²) < 4.78 is 7.23. The molecular formula is C17H25N3O. The third-order valence-electron chi connectivity index (χ3n) is 3.67. The smallest absolute Gasteiger partial charge is 0.118 e. The van der Waals surface area contributed by atoms with Gasteiger partial charge in [-0.05, 0) is 43.1 Å². The summed E-state index contributed by atoms with van der Waals surface area (Å²) in [4.78, 5) is 0. The normalized spacial score (nSPS) is 12.4. The van der Waals surface area contributed by atoms with Gasteiger partial charge in [0.1, 0.15) is 5.75 Å². The summed E-state index contributed by atoms with van der Waals surface area (Å²) in [5.41, 5.74) is 3.56. The van der Waals surface area contributed by atoms with Crippen molar-refractivity contribution in [1.29, 1.82) is 0 Å². The molecule has 4 nitrogen and oxygen atoms in total. The molecule has 0 spiro atoms. The van der Waals surface area contributed by atoms with Crippen LogP contribution in [0.3, 0.4) is 0 Å². The summed E-state index contributed by atoms with van der Waals surface area (Å²) in [6.07, 6.45) is 2.06. The molecule has 1 aromatic carbocycles. The molecule has 1 atom stereocenters. The molecule has 4 heteroatoms. The first-order valence-electron chi connectivity index (χ1n) is 7.59. The van der Waals surface area contributed by atoms with E-state index in [0.29, 0.717) is 0 Å². The van der Waals surface area contributed by atoms with Gasteiger partial charge in [-0.15, -0.1) is 0 Å².